The van der Waals surface area contributed by atoms with Crippen LogP contribution in [0, 0.1) is 12.3 Å². The molecule has 1 aliphatic heterocycles. The number of aryl methyl sites for hydroxylation is 1. The molecule has 1 N–H and O–H groups in total. The molecular formula is C17H27NO. The van der Waals surface area contributed by atoms with Gasteiger partial charge >= 0.3 is 0 Å². The summed E-state index contributed by atoms with van der Waals surface area (Å²) in [5, 5.41) is 3.64. The monoisotopic (exact) mass is 261 g/mol. The number of ether oxygens (including phenoxy) is 1. The van der Waals surface area contributed by atoms with E-state index in [4.69, 9.17) is 4.74 Å². The highest BCUT2D eigenvalue weighted by molar-refractivity contribution is 5.27. The summed E-state index contributed by atoms with van der Waals surface area (Å²) in [4.78, 5) is 0. The minimum Gasteiger partial charge on any atom is -0.381 e. The molecule has 1 saturated heterocycles. The van der Waals surface area contributed by atoms with Crippen LogP contribution in [0.4, 0.5) is 0 Å². The molecule has 2 heteroatoms. The quantitative estimate of drug-likeness (QED) is 0.878. The number of nitrogens with one attached hydrogen (secondary N) is 1. The maximum Gasteiger partial charge on any atom is 0.0471 e. The molecule has 0 spiro atoms. The molecule has 19 heavy (non-hydrogen) atoms. The van der Waals surface area contributed by atoms with Crippen LogP contribution in [0.15, 0.2) is 24.3 Å². The molecule has 0 aromatic heterocycles. The van der Waals surface area contributed by atoms with Gasteiger partial charge in [0.15, 0.2) is 0 Å². The number of benzene rings is 1. The van der Waals surface area contributed by atoms with Crippen LogP contribution in [0.1, 0.15) is 37.8 Å². The van der Waals surface area contributed by atoms with Crippen molar-refractivity contribution in [1.82, 2.24) is 5.32 Å². The van der Waals surface area contributed by atoms with E-state index >= 15 is 0 Å². The van der Waals surface area contributed by atoms with Crippen LogP contribution < -0.4 is 5.32 Å². The van der Waals surface area contributed by atoms with Gasteiger partial charge in [-0.1, -0.05) is 38.1 Å². The topological polar surface area (TPSA) is 21.3 Å². The lowest BCUT2D eigenvalue weighted by Crippen LogP contribution is -2.43. The standard InChI is InChI=1S/C17H27NO/c1-14(2)18-13-17(8-10-19-11-9-17)12-16-7-5-4-6-15(16)3/h4-7,14,18H,8-13H2,1-3H3. The molecule has 1 aromatic rings. The second-order valence-corrected chi connectivity index (χ2v) is 6.25. The molecule has 0 amide bonds. The van der Waals surface area contributed by atoms with Crippen molar-refractivity contribution in [3.63, 3.8) is 0 Å². The van der Waals surface area contributed by atoms with E-state index in [1.165, 1.54) is 30.4 Å². The molecule has 2 nitrogen and oxygen atoms in total. The molecule has 1 aliphatic rings. The van der Waals surface area contributed by atoms with Crippen LogP contribution in [0.5, 0.6) is 0 Å². The average molecular weight is 261 g/mol. The van der Waals surface area contributed by atoms with E-state index in [0.29, 0.717) is 11.5 Å². The van der Waals surface area contributed by atoms with Gasteiger partial charge in [-0.2, -0.15) is 0 Å². The summed E-state index contributed by atoms with van der Waals surface area (Å²) in [6, 6.07) is 9.34. The van der Waals surface area contributed by atoms with Gasteiger partial charge in [0.2, 0.25) is 0 Å². The van der Waals surface area contributed by atoms with Crippen molar-refractivity contribution in [3.8, 4) is 0 Å². The summed E-state index contributed by atoms with van der Waals surface area (Å²) < 4.78 is 5.57. The van der Waals surface area contributed by atoms with Crippen LogP contribution in [0.3, 0.4) is 0 Å². The molecule has 2 rings (SSSR count). The SMILES string of the molecule is Cc1ccccc1CC1(CNC(C)C)CCOCC1. The predicted molar refractivity (Wildman–Crippen MR) is 80.5 cm³/mol. The van der Waals surface area contributed by atoms with Crippen LogP contribution in [-0.4, -0.2) is 25.8 Å². The van der Waals surface area contributed by atoms with Gasteiger partial charge < -0.3 is 10.1 Å². The van der Waals surface area contributed by atoms with Crippen LogP contribution in [0.25, 0.3) is 0 Å². The van der Waals surface area contributed by atoms with E-state index in [0.717, 1.165) is 19.8 Å². The summed E-state index contributed by atoms with van der Waals surface area (Å²) in [5.41, 5.74) is 3.28. The lowest BCUT2D eigenvalue weighted by atomic mass is 9.74. The second-order valence-electron chi connectivity index (χ2n) is 6.25. The van der Waals surface area contributed by atoms with E-state index in [1.54, 1.807) is 0 Å². The number of hydrogen-bond acceptors (Lipinski definition) is 2. The van der Waals surface area contributed by atoms with E-state index < -0.39 is 0 Å². The summed E-state index contributed by atoms with van der Waals surface area (Å²) in [6.45, 7) is 9.58. The van der Waals surface area contributed by atoms with Crippen molar-refractivity contribution in [2.45, 2.75) is 46.1 Å². The Morgan fingerprint density at radius 2 is 1.89 bits per heavy atom. The molecule has 0 saturated carbocycles. The Balaban J connectivity index is 2.11. The van der Waals surface area contributed by atoms with Crippen molar-refractivity contribution < 1.29 is 4.74 Å². The Labute approximate surface area is 117 Å². The molecular weight excluding hydrogens is 234 g/mol. The first-order valence-electron chi connectivity index (χ1n) is 7.47. The van der Waals surface area contributed by atoms with E-state index in [1.807, 2.05) is 0 Å². The fraction of sp³-hybridized carbons (Fsp3) is 0.647. The van der Waals surface area contributed by atoms with Crippen LogP contribution in [-0.2, 0) is 11.2 Å². The van der Waals surface area contributed by atoms with Gasteiger partial charge in [0.05, 0.1) is 0 Å². The molecule has 0 aliphatic carbocycles. The molecule has 1 aromatic carbocycles. The van der Waals surface area contributed by atoms with Gasteiger partial charge in [-0.25, -0.2) is 0 Å². The average Bonchev–Trinajstić information content (AvgIpc) is 2.41. The molecule has 1 heterocycles. The van der Waals surface area contributed by atoms with Gasteiger partial charge in [-0.15, -0.1) is 0 Å². The van der Waals surface area contributed by atoms with Crippen molar-refractivity contribution in [3.05, 3.63) is 35.4 Å². The van der Waals surface area contributed by atoms with E-state index in [-0.39, 0.29) is 0 Å². The molecule has 1 fully saturated rings. The minimum absolute atomic E-state index is 0.370. The summed E-state index contributed by atoms with van der Waals surface area (Å²) >= 11 is 0. The summed E-state index contributed by atoms with van der Waals surface area (Å²) in [6.07, 6.45) is 3.50. The normalized spacial score (nSPS) is 18.7. The van der Waals surface area contributed by atoms with Gasteiger partial charge in [0.1, 0.15) is 0 Å². The van der Waals surface area contributed by atoms with Crippen molar-refractivity contribution in [2.75, 3.05) is 19.8 Å². The Kier molecular flexibility index (Phi) is 5.00. The number of hydrogen-bond donors (Lipinski definition) is 1. The minimum atomic E-state index is 0.370. The van der Waals surface area contributed by atoms with E-state index in [2.05, 4.69) is 50.4 Å². The number of rotatable bonds is 5. The Morgan fingerprint density at radius 1 is 1.21 bits per heavy atom. The maximum atomic E-state index is 5.57. The van der Waals surface area contributed by atoms with Gasteiger partial charge in [0.25, 0.3) is 0 Å². The first-order valence-corrected chi connectivity index (χ1v) is 7.47. The first kappa shape index (κ1) is 14.5. The highest BCUT2D eigenvalue weighted by Gasteiger charge is 2.33. The third-order valence-electron chi connectivity index (χ3n) is 4.27. The predicted octanol–water partition coefficient (Wildman–Crippen LogP) is 3.33. The Morgan fingerprint density at radius 3 is 2.53 bits per heavy atom. The zero-order valence-electron chi connectivity index (χ0n) is 12.5. The molecule has 106 valence electrons. The third kappa shape index (κ3) is 4.05. The van der Waals surface area contributed by atoms with Crippen molar-refractivity contribution in [2.24, 2.45) is 5.41 Å². The molecule has 0 bridgehead atoms. The van der Waals surface area contributed by atoms with Crippen molar-refractivity contribution in [1.29, 1.82) is 0 Å². The fourth-order valence-electron chi connectivity index (χ4n) is 2.85. The highest BCUT2D eigenvalue weighted by Crippen LogP contribution is 2.34. The zero-order valence-corrected chi connectivity index (χ0v) is 12.5. The third-order valence-corrected chi connectivity index (χ3v) is 4.27. The highest BCUT2D eigenvalue weighted by atomic mass is 16.5. The smallest absolute Gasteiger partial charge is 0.0471 e. The molecule has 0 unspecified atom stereocenters. The van der Waals surface area contributed by atoms with Crippen LogP contribution >= 0.6 is 0 Å². The Hall–Kier alpha value is -0.860. The second kappa shape index (κ2) is 6.53. The Bertz CT molecular complexity index is 394. The van der Waals surface area contributed by atoms with Gasteiger partial charge in [-0.05, 0) is 42.7 Å². The summed E-state index contributed by atoms with van der Waals surface area (Å²) in [5.74, 6) is 0. The van der Waals surface area contributed by atoms with Gasteiger partial charge in [-0.3, -0.25) is 0 Å². The fourth-order valence-corrected chi connectivity index (χ4v) is 2.85. The van der Waals surface area contributed by atoms with Crippen molar-refractivity contribution >= 4 is 0 Å². The zero-order chi connectivity index (χ0) is 13.7. The first-order chi connectivity index (χ1) is 9.11. The lowest BCUT2D eigenvalue weighted by molar-refractivity contribution is 0.0140. The summed E-state index contributed by atoms with van der Waals surface area (Å²) in [7, 11) is 0. The largest absolute Gasteiger partial charge is 0.381 e. The molecule has 0 atom stereocenters. The molecule has 0 radical (unpaired) electrons. The lowest BCUT2D eigenvalue weighted by Gasteiger charge is -2.38. The van der Waals surface area contributed by atoms with Gasteiger partial charge in [0, 0.05) is 25.8 Å². The van der Waals surface area contributed by atoms with E-state index in [9.17, 15) is 0 Å². The van der Waals surface area contributed by atoms with Crippen LogP contribution in [0.2, 0.25) is 0 Å². The maximum absolute atomic E-state index is 5.57.